The average Bonchev–Trinajstić information content (AvgIpc) is 3.28. The van der Waals surface area contributed by atoms with Crippen molar-refractivity contribution >= 4 is 23.3 Å². The Hall–Kier alpha value is -2.86. The van der Waals surface area contributed by atoms with Gasteiger partial charge in [-0.15, -0.1) is 11.3 Å². The Kier molecular flexibility index (Phi) is 5.00. The number of rotatable bonds is 6. The molecule has 0 spiro atoms. The van der Waals surface area contributed by atoms with Crippen molar-refractivity contribution in [2.24, 2.45) is 0 Å². The van der Waals surface area contributed by atoms with E-state index in [2.05, 4.69) is 0 Å². The highest BCUT2D eigenvalue weighted by Crippen LogP contribution is 2.32. The average molecular weight is 355 g/mol. The van der Waals surface area contributed by atoms with Crippen molar-refractivity contribution < 1.29 is 19.4 Å². The molecule has 3 aromatic rings. The second kappa shape index (κ2) is 7.36. The van der Waals surface area contributed by atoms with Gasteiger partial charge in [-0.05, 0) is 42.1 Å². The van der Waals surface area contributed by atoms with E-state index in [9.17, 15) is 9.59 Å². The Bertz CT molecular complexity index is 896. The van der Waals surface area contributed by atoms with Crippen LogP contribution in [0.4, 0.5) is 0 Å². The van der Waals surface area contributed by atoms with Crippen molar-refractivity contribution in [1.29, 1.82) is 0 Å². The minimum absolute atomic E-state index is 0.0221. The number of esters is 1. The Morgan fingerprint density at radius 3 is 2.60 bits per heavy atom. The van der Waals surface area contributed by atoms with E-state index in [0.717, 1.165) is 16.3 Å². The minimum Gasteiger partial charge on any atom is -0.481 e. The number of carbonyl (C=O) groups is 2. The van der Waals surface area contributed by atoms with Crippen molar-refractivity contribution in [2.75, 3.05) is 7.11 Å². The molecule has 6 heteroatoms. The molecule has 2 aromatic heterocycles. The van der Waals surface area contributed by atoms with E-state index in [0.29, 0.717) is 17.7 Å². The fourth-order valence-electron chi connectivity index (χ4n) is 2.76. The number of carboxylic acid groups (broad SMARTS) is 1. The van der Waals surface area contributed by atoms with Gasteiger partial charge in [0.2, 0.25) is 0 Å². The van der Waals surface area contributed by atoms with E-state index >= 15 is 0 Å². The summed E-state index contributed by atoms with van der Waals surface area (Å²) in [7, 11) is 1.35. The molecule has 0 saturated heterocycles. The van der Waals surface area contributed by atoms with Crippen molar-refractivity contribution in [1.82, 2.24) is 4.57 Å². The first-order valence-corrected chi connectivity index (χ1v) is 8.64. The maximum Gasteiger partial charge on any atom is 0.339 e. The molecule has 0 fully saturated rings. The van der Waals surface area contributed by atoms with Gasteiger partial charge >= 0.3 is 11.9 Å². The molecule has 0 radical (unpaired) electrons. The number of hydrogen-bond donors (Lipinski definition) is 1. The summed E-state index contributed by atoms with van der Waals surface area (Å²) in [5.74, 6) is -1.28. The lowest BCUT2D eigenvalue weighted by atomic mass is 10.1. The molecular formula is C19H17NO4S. The molecule has 25 heavy (non-hydrogen) atoms. The van der Waals surface area contributed by atoms with Gasteiger partial charge in [0.1, 0.15) is 0 Å². The van der Waals surface area contributed by atoms with Gasteiger partial charge in [-0.3, -0.25) is 4.79 Å². The Morgan fingerprint density at radius 1 is 1.12 bits per heavy atom. The molecule has 0 saturated carbocycles. The van der Waals surface area contributed by atoms with Crippen LogP contribution in [0.25, 0.3) is 16.3 Å². The summed E-state index contributed by atoms with van der Waals surface area (Å²) in [6.45, 7) is 0. The summed E-state index contributed by atoms with van der Waals surface area (Å²) in [5, 5.41) is 11.0. The molecule has 0 aliphatic rings. The predicted molar refractivity (Wildman–Crippen MR) is 96.4 cm³/mol. The van der Waals surface area contributed by atoms with Crippen molar-refractivity contribution in [2.45, 2.75) is 12.8 Å². The number of thiophene rings is 1. The van der Waals surface area contributed by atoms with Crippen LogP contribution in [0.3, 0.4) is 0 Å². The van der Waals surface area contributed by atoms with Crippen LogP contribution in [0.15, 0.2) is 53.9 Å². The second-order valence-electron chi connectivity index (χ2n) is 5.43. The lowest BCUT2D eigenvalue weighted by Gasteiger charge is -2.16. The second-order valence-corrected chi connectivity index (χ2v) is 6.37. The van der Waals surface area contributed by atoms with E-state index < -0.39 is 11.9 Å². The molecule has 0 aliphatic carbocycles. The lowest BCUT2D eigenvalue weighted by molar-refractivity contribution is -0.136. The standard InChI is InChI=1S/C19H17NO4S/c1-24-19(23)14-5-2-3-6-15(14)20-13(9-11-18(21)22)8-10-16(20)17-7-4-12-25-17/h2-8,10,12H,9,11H2,1H3,(H,21,22). The fraction of sp³-hybridized carbons (Fsp3) is 0.158. The van der Waals surface area contributed by atoms with Crippen molar-refractivity contribution in [3.05, 3.63) is 65.2 Å². The number of para-hydroxylation sites is 1. The third-order valence-electron chi connectivity index (χ3n) is 3.88. The highest BCUT2D eigenvalue weighted by atomic mass is 32.1. The van der Waals surface area contributed by atoms with Crippen LogP contribution in [-0.4, -0.2) is 28.7 Å². The van der Waals surface area contributed by atoms with Crippen LogP contribution >= 0.6 is 11.3 Å². The van der Waals surface area contributed by atoms with Gasteiger partial charge in [0.25, 0.3) is 0 Å². The molecule has 5 nitrogen and oxygen atoms in total. The van der Waals surface area contributed by atoms with Crippen molar-refractivity contribution in [3.63, 3.8) is 0 Å². The first-order valence-electron chi connectivity index (χ1n) is 7.76. The third-order valence-corrected chi connectivity index (χ3v) is 4.77. The number of benzene rings is 1. The largest absolute Gasteiger partial charge is 0.481 e. The first-order chi connectivity index (χ1) is 12.1. The van der Waals surface area contributed by atoms with Gasteiger partial charge in [-0.2, -0.15) is 0 Å². The Morgan fingerprint density at radius 2 is 1.92 bits per heavy atom. The molecule has 128 valence electrons. The number of nitrogens with zero attached hydrogens (tertiary/aromatic N) is 1. The lowest BCUT2D eigenvalue weighted by Crippen LogP contribution is -2.11. The number of hydrogen-bond acceptors (Lipinski definition) is 4. The van der Waals surface area contributed by atoms with Crippen LogP contribution in [0, 0.1) is 0 Å². The number of carbonyl (C=O) groups excluding carboxylic acids is 1. The quantitative estimate of drug-likeness (QED) is 0.678. The van der Waals surface area contributed by atoms with E-state index in [-0.39, 0.29) is 6.42 Å². The van der Waals surface area contributed by atoms with E-state index in [1.54, 1.807) is 23.5 Å². The van der Waals surface area contributed by atoms with Gasteiger partial charge in [0.15, 0.2) is 0 Å². The number of ether oxygens (including phenoxy) is 1. The molecular weight excluding hydrogens is 338 g/mol. The van der Waals surface area contributed by atoms with E-state index in [1.165, 1.54) is 7.11 Å². The third kappa shape index (κ3) is 3.49. The normalized spacial score (nSPS) is 10.6. The number of aliphatic carboxylic acids is 1. The summed E-state index contributed by atoms with van der Waals surface area (Å²) in [6.07, 6.45) is 0.393. The van der Waals surface area contributed by atoms with Crippen molar-refractivity contribution in [3.8, 4) is 16.3 Å². The molecule has 0 atom stereocenters. The molecule has 1 aromatic carbocycles. The van der Waals surface area contributed by atoms with Gasteiger partial charge < -0.3 is 14.4 Å². The number of carboxylic acids is 1. The van der Waals surface area contributed by atoms with Crippen LogP contribution in [-0.2, 0) is 16.0 Å². The Balaban J connectivity index is 2.18. The zero-order valence-corrected chi connectivity index (χ0v) is 14.5. The van der Waals surface area contributed by atoms with Crippen LogP contribution in [0.5, 0.6) is 0 Å². The SMILES string of the molecule is COC(=O)c1ccccc1-n1c(CCC(=O)O)ccc1-c1cccs1. The van der Waals surface area contributed by atoms with Gasteiger partial charge in [0.05, 0.1) is 35.4 Å². The van der Waals surface area contributed by atoms with E-state index in [4.69, 9.17) is 9.84 Å². The number of methoxy groups -OCH3 is 1. The van der Waals surface area contributed by atoms with Crippen LogP contribution < -0.4 is 0 Å². The molecule has 3 rings (SSSR count). The summed E-state index contributed by atoms with van der Waals surface area (Å²) in [4.78, 5) is 24.2. The van der Waals surface area contributed by atoms with Crippen LogP contribution in [0.2, 0.25) is 0 Å². The topological polar surface area (TPSA) is 68.5 Å². The van der Waals surface area contributed by atoms with Gasteiger partial charge in [-0.1, -0.05) is 18.2 Å². The highest BCUT2D eigenvalue weighted by molar-refractivity contribution is 7.13. The maximum absolute atomic E-state index is 12.2. The summed E-state index contributed by atoms with van der Waals surface area (Å²) >= 11 is 1.59. The fourth-order valence-corrected chi connectivity index (χ4v) is 3.50. The first kappa shape index (κ1) is 17.0. The molecule has 0 bridgehead atoms. The molecule has 1 N–H and O–H groups in total. The minimum atomic E-state index is -0.855. The van der Waals surface area contributed by atoms with Crippen LogP contribution in [0.1, 0.15) is 22.5 Å². The Labute approximate surface area is 149 Å². The summed E-state index contributed by atoms with van der Waals surface area (Å²) in [6, 6.07) is 15.0. The van der Waals surface area contributed by atoms with E-state index in [1.807, 2.05) is 46.3 Å². The number of aryl methyl sites for hydroxylation is 1. The molecule has 0 aliphatic heterocycles. The predicted octanol–water partition coefficient (Wildman–Crippen LogP) is 4.01. The van der Waals surface area contributed by atoms with Gasteiger partial charge in [-0.25, -0.2) is 4.79 Å². The molecule has 2 heterocycles. The van der Waals surface area contributed by atoms with Gasteiger partial charge in [0, 0.05) is 5.69 Å². The summed E-state index contributed by atoms with van der Waals surface area (Å²) < 4.78 is 6.85. The number of aromatic nitrogens is 1. The summed E-state index contributed by atoms with van der Waals surface area (Å²) in [5.41, 5.74) is 2.88. The zero-order valence-electron chi connectivity index (χ0n) is 13.6. The highest BCUT2D eigenvalue weighted by Gasteiger charge is 2.19. The maximum atomic E-state index is 12.2. The monoisotopic (exact) mass is 355 g/mol. The zero-order chi connectivity index (χ0) is 17.8. The molecule has 0 unspecified atom stereocenters. The molecule has 0 amide bonds. The smallest absolute Gasteiger partial charge is 0.339 e.